The third kappa shape index (κ3) is 6.57. The molecule has 0 aromatic carbocycles. The first kappa shape index (κ1) is 29.6. The highest BCUT2D eigenvalue weighted by atomic mass is 31.2. The summed E-state index contributed by atoms with van der Waals surface area (Å²) in [6, 6.07) is 0. The van der Waals surface area contributed by atoms with Crippen molar-refractivity contribution in [1.29, 1.82) is 0 Å². The largest absolute Gasteiger partial charge is 0.313 e. The molecule has 0 aromatic heterocycles. The van der Waals surface area contributed by atoms with Crippen molar-refractivity contribution in [2.24, 2.45) is 9.07 Å². The van der Waals surface area contributed by atoms with Gasteiger partial charge in [0.25, 0.3) is 0 Å². The molecule has 0 spiro atoms. The van der Waals surface area contributed by atoms with Gasteiger partial charge in [-0.25, -0.2) is 0 Å². The van der Waals surface area contributed by atoms with Crippen molar-refractivity contribution in [2.75, 3.05) is 0 Å². The van der Waals surface area contributed by atoms with E-state index in [2.05, 4.69) is 132 Å². The minimum absolute atomic E-state index is 0.0108. The van der Waals surface area contributed by atoms with Crippen molar-refractivity contribution < 1.29 is 0 Å². The molecule has 1 heterocycles. The third-order valence-electron chi connectivity index (χ3n) is 4.60. The smallest absolute Gasteiger partial charge is 0.193 e. The number of hydrogen-bond donors (Lipinski definition) is 0. The lowest BCUT2D eigenvalue weighted by atomic mass is 10.1. The standard InChI is InChI=1S/C20H54N5PSi5/c1-20(2,3)23-19(21-27(4,5)6)24(29(10,11)12)26(23,22-28(7,8)9)25(30(13,14)15)31(16,17)18/h1-18H3. The topological polar surface area (TPSA) is 34.4 Å². The summed E-state index contributed by atoms with van der Waals surface area (Å²) in [6.45, 7) is 44.3. The van der Waals surface area contributed by atoms with Gasteiger partial charge >= 0.3 is 0 Å². The van der Waals surface area contributed by atoms with Gasteiger partial charge in [0.05, 0.1) is 0 Å². The van der Waals surface area contributed by atoms with Crippen LogP contribution in [0.2, 0.25) is 98.2 Å². The first-order valence-corrected chi connectivity index (χ1v) is 30.6. The first-order chi connectivity index (χ1) is 13.2. The summed E-state index contributed by atoms with van der Waals surface area (Å²) in [5.41, 5.74) is -0.0108. The Hall–Kier alpha value is 0.544. The van der Waals surface area contributed by atoms with Crippen LogP contribution in [0.15, 0.2) is 9.07 Å². The zero-order valence-electron chi connectivity index (χ0n) is 24.2. The summed E-state index contributed by atoms with van der Waals surface area (Å²) in [7, 11) is -10.6. The normalized spacial score (nSPS) is 23.5. The maximum atomic E-state index is 6.02. The molecule has 0 aromatic rings. The molecule has 1 atom stereocenters. The molecule has 5 nitrogen and oxygen atoms in total. The Balaban J connectivity index is 4.33. The van der Waals surface area contributed by atoms with Gasteiger partial charge in [0, 0.05) is 5.54 Å². The van der Waals surface area contributed by atoms with Crippen LogP contribution in [0.4, 0.5) is 0 Å². The molecule has 0 N–H and O–H groups in total. The van der Waals surface area contributed by atoms with Crippen LogP contribution in [0, 0.1) is 0 Å². The molecule has 11 heteroatoms. The molecular formula is C20H54N5PSi5. The van der Waals surface area contributed by atoms with Crippen LogP contribution in [0.25, 0.3) is 0 Å². The number of nitrogens with zero attached hydrogens (tertiary/aromatic N) is 5. The first-order valence-electron chi connectivity index (χ1n) is 11.8. The monoisotopic (exact) mass is 535 g/mol. The Morgan fingerprint density at radius 2 is 1.06 bits per heavy atom. The van der Waals surface area contributed by atoms with Gasteiger partial charge in [-0.15, -0.1) is 0 Å². The summed E-state index contributed by atoms with van der Waals surface area (Å²) in [5, 5.41) is 0. The van der Waals surface area contributed by atoms with E-state index in [1.807, 2.05) is 0 Å². The molecule has 1 aliphatic heterocycles. The maximum Gasteiger partial charge on any atom is 0.193 e. The molecule has 1 unspecified atom stereocenters. The van der Waals surface area contributed by atoms with Crippen molar-refractivity contribution in [1.82, 2.24) is 13.0 Å². The zero-order chi connectivity index (χ0) is 25.2. The summed E-state index contributed by atoms with van der Waals surface area (Å²) in [4.78, 5) is 0. The summed E-state index contributed by atoms with van der Waals surface area (Å²) in [5.74, 6) is 1.27. The average Bonchev–Trinajstić information content (AvgIpc) is 2.24. The predicted molar refractivity (Wildman–Crippen MR) is 159 cm³/mol. The van der Waals surface area contributed by atoms with Gasteiger partial charge < -0.3 is 4.34 Å². The van der Waals surface area contributed by atoms with E-state index in [-0.39, 0.29) is 5.54 Å². The Morgan fingerprint density at radius 3 is 1.29 bits per heavy atom. The molecule has 1 aliphatic rings. The summed E-state index contributed by atoms with van der Waals surface area (Å²) in [6.07, 6.45) is 0. The fourth-order valence-electron chi connectivity index (χ4n) is 4.71. The van der Waals surface area contributed by atoms with Gasteiger partial charge in [0.2, 0.25) is 0 Å². The quantitative estimate of drug-likeness (QED) is 0.254. The SMILES string of the molecule is CC(C)(C)N1C(=N[Si](C)(C)C)N([Si](C)(C)C)P1(=N[Si](C)(C)C)N([Si](C)(C)C)[Si](C)(C)C. The second-order valence-electron chi connectivity index (χ2n) is 15.0. The Labute approximate surface area is 200 Å². The molecule has 184 valence electrons. The van der Waals surface area contributed by atoms with Crippen LogP contribution in [0.5, 0.6) is 0 Å². The highest BCUT2D eigenvalue weighted by molar-refractivity contribution is 7.70. The predicted octanol–water partition coefficient (Wildman–Crippen LogP) is 8.18. The van der Waals surface area contributed by atoms with Crippen LogP contribution < -0.4 is 0 Å². The zero-order valence-corrected chi connectivity index (χ0v) is 30.1. The second-order valence-corrected chi connectivity index (χ2v) is 42.9. The van der Waals surface area contributed by atoms with Gasteiger partial charge in [-0.2, -0.15) is 0 Å². The van der Waals surface area contributed by atoms with E-state index >= 15 is 0 Å². The Morgan fingerprint density at radius 1 is 0.677 bits per heavy atom. The van der Waals surface area contributed by atoms with Gasteiger partial charge in [-0.3, -0.25) is 17.7 Å². The minimum atomic E-state index is -2.09. The fourth-order valence-corrected chi connectivity index (χ4v) is 33.9. The van der Waals surface area contributed by atoms with Crippen LogP contribution in [0.1, 0.15) is 20.8 Å². The van der Waals surface area contributed by atoms with Gasteiger partial charge in [0.1, 0.15) is 16.5 Å². The van der Waals surface area contributed by atoms with E-state index in [4.69, 9.17) is 9.07 Å². The molecule has 0 amide bonds. The van der Waals surface area contributed by atoms with E-state index in [1.54, 1.807) is 0 Å². The molecular weight excluding hydrogens is 482 g/mol. The molecule has 0 saturated carbocycles. The van der Waals surface area contributed by atoms with E-state index < -0.39 is 48.7 Å². The van der Waals surface area contributed by atoms with Gasteiger partial charge in [-0.05, 0) is 60.1 Å². The molecule has 0 aliphatic carbocycles. The van der Waals surface area contributed by atoms with E-state index in [0.29, 0.717) is 0 Å². The molecule has 1 saturated heterocycles. The molecule has 1 fully saturated rings. The summed E-state index contributed by atoms with van der Waals surface area (Å²) < 4.78 is 20.2. The average molecular weight is 536 g/mol. The number of rotatable bonds is 6. The molecule has 31 heavy (non-hydrogen) atoms. The lowest BCUT2D eigenvalue weighted by Crippen LogP contribution is -2.75. The highest BCUT2D eigenvalue weighted by Gasteiger charge is 2.65. The molecule has 1 rings (SSSR count). The van der Waals surface area contributed by atoms with E-state index in [1.165, 1.54) is 5.96 Å². The maximum absolute atomic E-state index is 6.02. The van der Waals surface area contributed by atoms with Crippen molar-refractivity contribution >= 4 is 54.6 Å². The van der Waals surface area contributed by atoms with E-state index in [9.17, 15) is 0 Å². The van der Waals surface area contributed by atoms with Crippen LogP contribution in [-0.4, -0.2) is 65.7 Å². The van der Waals surface area contributed by atoms with E-state index in [0.717, 1.165) is 0 Å². The van der Waals surface area contributed by atoms with Crippen LogP contribution in [-0.2, 0) is 0 Å². The number of hydrogen-bond acceptors (Lipinski definition) is 2. The summed E-state index contributed by atoms with van der Waals surface area (Å²) >= 11 is 0. The Bertz CT molecular complexity index is 714. The number of guanidine groups is 1. The van der Waals surface area contributed by atoms with Gasteiger partial charge in [0.15, 0.2) is 38.2 Å². The fraction of sp³-hybridized carbons (Fsp3) is 0.950. The second kappa shape index (κ2) is 8.34. The lowest BCUT2D eigenvalue weighted by molar-refractivity contribution is 0.304. The third-order valence-corrected chi connectivity index (χ3v) is 27.4. The minimum Gasteiger partial charge on any atom is -0.313 e. The van der Waals surface area contributed by atoms with Crippen molar-refractivity contribution in [2.45, 2.75) is 125 Å². The highest BCUT2D eigenvalue weighted by Crippen LogP contribution is 2.74. The van der Waals surface area contributed by atoms with Crippen LogP contribution >= 0.6 is 7.51 Å². The van der Waals surface area contributed by atoms with Crippen LogP contribution in [0.3, 0.4) is 0 Å². The van der Waals surface area contributed by atoms with Crippen molar-refractivity contribution in [3.05, 3.63) is 0 Å². The van der Waals surface area contributed by atoms with Gasteiger partial charge in [-0.1, -0.05) is 58.9 Å². The van der Waals surface area contributed by atoms with Crippen molar-refractivity contribution in [3.8, 4) is 0 Å². The Kier molecular flexibility index (Phi) is 7.96. The molecule has 0 bridgehead atoms. The lowest BCUT2D eigenvalue weighted by Gasteiger charge is -2.72. The molecule has 0 radical (unpaired) electrons. The van der Waals surface area contributed by atoms with Crippen molar-refractivity contribution in [3.63, 3.8) is 0 Å².